The minimum atomic E-state index is -0.389. The molecule has 1 aromatic rings. The van der Waals surface area contributed by atoms with E-state index in [1.54, 1.807) is 11.3 Å². The zero-order chi connectivity index (χ0) is 13.6. The van der Waals surface area contributed by atoms with Gasteiger partial charge in [0.15, 0.2) is 0 Å². The number of aryl methyl sites for hydroxylation is 1. The van der Waals surface area contributed by atoms with Crippen molar-refractivity contribution in [3.8, 4) is 0 Å². The van der Waals surface area contributed by atoms with Crippen molar-refractivity contribution in [3.63, 3.8) is 0 Å². The zero-order valence-electron chi connectivity index (χ0n) is 11.7. The van der Waals surface area contributed by atoms with E-state index >= 15 is 0 Å². The molecule has 0 radical (unpaired) electrons. The van der Waals surface area contributed by atoms with Gasteiger partial charge in [0.25, 0.3) is 0 Å². The maximum atomic E-state index is 11.5. The first-order valence-corrected chi connectivity index (χ1v) is 7.28. The normalized spacial score (nSPS) is 11.6. The Morgan fingerprint density at radius 1 is 1.44 bits per heavy atom. The van der Waals surface area contributed by atoms with Gasteiger partial charge >= 0.3 is 5.97 Å². The van der Waals surface area contributed by atoms with Crippen LogP contribution in [0.5, 0.6) is 0 Å². The largest absolute Gasteiger partial charge is 0.460 e. The van der Waals surface area contributed by atoms with E-state index < -0.39 is 0 Å². The number of carbonyl (C=O) groups is 1. The Kier molecular flexibility index (Phi) is 5.82. The van der Waals surface area contributed by atoms with Crippen molar-refractivity contribution in [2.45, 2.75) is 52.7 Å². The first kappa shape index (κ1) is 15.2. The topological polar surface area (TPSA) is 38.3 Å². The van der Waals surface area contributed by atoms with E-state index in [-0.39, 0.29) is 11.6 Å². The number of hydrogen-bond acceptors (Lipinski definition) is 4. The lowest BCUT2D eigenvalue weighted by Gasteiger charge is -2.19. The predicted octanol–water partition coefficient (Wildman–Crippen LogP) is 3.13. The summed E-state index contributed by atoms with van der Waals surface area (Å²) in [6, 6.07) is 2.16. The number of esters is 1. The Balaban J connectivity index is 2.21. The Labute approximate surface area is 114 Å². The van der Waals surface area contributed by atoms with Crippen LogP contribution in [0.3, 0.4) is 0 Å². The summed E-state index contributed by atoms with van der Waals surface area (Å²) >= 11 is 1.76. The van der Waals surface area contributed by atoms with Gasteiger partial charge in [-0.25, -0.2) is 0 Å². The molecule has 3 nitrogen and oxygen atoms in total. The van der Waals surface area contributed by atoms with Crippen molar-refractivity contribution in [3.05, 3.63) is 21.9 Å². The molecule has 0 saturated carbocycles. The maximum Gasteiger partial charge on any atom is 0.307 e. The van der Waals surface area contributed by atoms with E-state index in [1.807, 2.05) is 20.8 Å². The summed E-state index contributed by atoms with van der Waals surface area (Å²) < 4.78 is 5.24. The molecular weight excluding hydrogens is 246 g/mol. The zero-order valence-corrected chi connectivity index (χ0v) is 12.5. The lowest BCUT2D eigenvalue weighted by atomic mass is 10.2. The molecule has 102 valence electrons. The van der Waals surface area contributed by atoms with Crippen molar-refractivity contribution in [2.75, 3.05) is 6.54 Å². The van der Waals surface area contributed by atoms with Crippen molar-refractivity contribution in [1.82, 2.24) is 5.32 Å². The predicted molar refractivity (Wildman–Crippen MR) is 75.9 cm³/mol. The van der Waals surface area contributed by atoms with Crippen LogP contribution in [0.1, 0.15) is 44.6 Å². The molecule has 1 aromatic heterocycles. The van der Waals surface area contributed by atoms with Gasteiger partial charge in [-0.1, -0.05) is 6.92 Å². The van der Waals surface area contributed by atoms with Gasteiger partial charge in [0.1, 0.15) is 5.60 Å². The van der Waals surface area contributed by atoms with Gasteiger partial charge in [-0.15, -0.1) is 11.3 Å². The number of carbonyl (C=O) groups excluding carboxylic acids is 1. The highest BCUT2D eigenvalue weighted by atomic mass is 32.1. The highest BCUT2D eigenvalue weighted by Gasteiger charge is 2.15. The minimum Gasteiger partial charge on any atom is -0.460 e. The van der Waals surface area contributed by atoms with Gasteiger partial charge in [-0.05, 0) is 44.2 Å². The van der Waals surface area contributed by atoms with Crippen molar-refractivity contribution >= 4 is 17.3 Å². The molecule has 1 heterocycles. The molecule has 0 atom stereocenters. The third-order valence-electron chi connectivity index (χ3n) is 2.43. The Hall–Kier alpha value is -0.870. The van der Waals surface area contributed by atoms with Crippen molar-refractivity contribution in [1.29, 1.82) is 0 Å². The SMILES string of the molecule is CCc1ccsc1CNCCC(=O)OC(C)(C)C. The lowest BCUT2D eigenvalue weighted by molar-refractivity contribution is -0.154. The van der Waals surface area contributed by atoms with E-state index in [2.05, 4.69) is 23.7 Å². The monoisotopic (exact) mass is 269 g/mol. The molecule has 0 fully saturated rings. The number of ether oxygens (including phenoxy) is 1. The van der Waals surface area contributed by atoms with E-state index in [0.717, 1.165) is 13.0 Å². The third-order valence-corrected chi connectivity index (χ3v) is 3.39. The van der Waals surface area contributed by atoms with Crippen LogP contribution < -0.4 is 5.32 Å². The summed E-state index contributed by atoms with van der Waals surface area (Å²) in [6.07, 6.45) is 1.48. The summed E-state index contributed by atoms with van der Waals surface area (Å²) in [5, 5.41) is 5.40. The Morgan fingerprint density at radius 3 is 2.78 bits per heavy atom. The summed E-state index contributed by atoms with van der Waals surface area (Å²) in [7, 11) is 0. The van der Waals surface area contributed by atoms with Crippen LogP contribution >= 0.6 is 11.3 Å². The van der Waals surface area contributed by atoms with Crippen LogP contribution in [0.2, 0.25) is 0 Å². The standard InChI is InChI=1S/C14H23NO2S/c1-5-11-7-9-18-12(11)10-15-8-6-13(16)17-14(2,3)4/h7,9,15H,5-6,8,10H2,1-4H3. The van der Waals surface area contributed by atoms with Crippen molar-refractivity contribution in [2.24, 2.45) is 0 Å². The smallest absolute Gasteiger partial charge is 0.307 e. The van der Waals surface area contributed by atoms with Crippen LogP contribution in [0.15, 0.2) is 11.4 Å². The lowest BCUT2D eigenvalue weighted by Crippen LogP contribution is -2.26. The second kappa shape index (κ2) is 6.90. The molecule has 0 aromatic carbocycles. The number of rotatable bonds is 6. The first-order chi connectivity index (χ1) is 8.42. The quantitative estimate of drug-likeness (QED) is 0.637. The summed E-state index contributed by atoms with van der Waals surface area (Å²) in [5.74, 6) is -0.142. The van der Waals surface area contributed by atoms with E-state index in [1.165, 1.54) is 10.4 Å². The van der Waals surface area contributed by atoms with Crippen LogP contribution in [0, 0.1) is 0 Å². The highest BCUT2D eigenvalue weighted by molar-refractivity contribution is 7.10. The summed E-state index contributed by atoms with van der Waals surface area (Å²) in [6.45, 7) is 9.32. The van der Waals surface area contributed by atoms with Crippen molar-refractivity contribution < 1.29 is 9.53 Å². The molecule has 4 heteroatoms. The maximum absolute atomic E-state index is 11.5. The summed E-state index contributed by atoms with van der Waals surface area (Å²) in [4.78, 5) is 12.8. The molecule has 0 aliphatic rings. The van der Waals surface area contributed by atoms with Crippen LogP contribution in [0.4, 0.5) is 0 Å². The third kappa shape index (κ3) is 5.65. The van der Waals surface area contributed by atoms with Gasteiger partial charge in [-0.3, -0.25) is 4.79 Å². The minimum absolute atomic E-state index is 0.142. The molecule has 1 N–H and O–H groups in total. The average Bonchev–Trinajstić information content (AvgIpc) is 2.69. The molecule has 0 bridgehead atoms. The molecule has 0 unspecified atom stereocenters. The molecule has 1 rings (SSSR count). The van der Waals surface area contributed by atoms with Crippen LogP contribution in [-0.4, -0.2) is 18.1 Å². The number of hydrogen-bond donors (Lipinski definition) is 1. The fraction of sp³-hybridized carbons (Fsp3) is 0.643. The number of nitrogens with one attached hydrogen (secondary N) is 1. The molecule has 0 amide bonds. The molecule has 0 aliphatic heterocycles. The number of thiophene rings is 1. The van der Waals surface area contributed by atoms with E-state index in [0.29, 0.717) is 13.0 Å². The second-order valence-electron chi connectivity index (χ2n) is 5.24. The van der Waals surface area contributed by atoms with Gasteiger partial charge in [-0.2, -0.15) is 0 Å². The van der Waals surface area contributed by atoms with Crippen LogP contribution in [0.25, 0.3) is 0 Å². The van der Waals surface area contributed by atoms with Gasteiger partial charge < -0.3 is 10.1 Å². The molecule has 18 heavy (non-hydrogen) atoms. The second-order valence-corrected chi connectivity index (χ2v) is 6.24. The Morgan fingerprint density at radius 2 is 2.17 bits per heavy atom. The molecule has 0 saturated heterocycles. The summed E-state index contributed by atoms with van der Waals surface area (Å²) in [5.41, 5.74) is 1.00. The van der Waals surface area contributed by atoms with E-state index in [9.17, 15) is 4.79 Å². The Bertz CT molecular complexity index is 379. The molecule has 0 spiro atoms. The molecule has 0 aliphatic carbocycles. The fourth-order valence-electron chi connectivity index (χ4n) is 1.62. The molecular formula is C14H23NO2S. The first-order valence-electron chi connectivity index (χ1n) is 6.40. The van der Waals surface area contributed by atoms with Gasteiger partial charge in [0.2, 0.25) is 0 Å². The highest BCUT2D eigenvalue weighted by Crippen LogP contribution is 2.16. The average molecular weight is 269 g/mol. The fourth-order valence-corrected chi connectivity index (χ4v) is 2.57. The van der Waals surface area contributed by atoms with Crippen LogP contribution in [-0.2, 0) is 22.5 Å². The van der Waals surface area contributed by atoms with E-state index in [4.69, 9.17) is 4.74 Å². The van der Waals surface area contributed by atoms with Gasteiger partial charge in [0, 0.05) is 18.0 Å². The van der Waals surface area contributed by atoms with Gasteiger partial charge in [0.05, 0.1) is 6.42 Å².